The Bertz CT molecular complexity index is 472. The number of nitrogens with zero attached hydrogens (tertiary/aromatic N) is 1. The van der Waals surface area contributed by atoms with Crippen LogP contribution in [-0.2, 0) is 4.74 Å². The van der Waals surface area contributed by atoms with E-state index in [0.717, 1.165) is 36.2 Å². The van der Waals surface area contributed by atoms with E-state index in [2.05, 4.69) is 5.32 Å². The van der Waals surface area contributed by atoms with Gasteiger partial charge in [0, 0.05) is 32.4 Å². The van der Waals surface area contributed by atoms with Gasteiger partial charge in [-0.05, 0) is 38.8 Å². The van der Waals surface area contributed by atoms with E-state index in [-0.39, 0.29) is 12.0 Å². The van der Waals surface area contributed by atoms with Crippen LogP contribution in [0.15, 0.2) is 18.2 Å². The van der Waals surface area contributed by atoms with Crippen LogP contribution in [0.2, 0.25) is 0 Å². The number of ether oxygens (including phenoxy) is 1. The van der Waals surface area contributed by atoms with Crippen molar-refractivity contribution in [2.45, 2.75) is 32.8 Å². The Hall–Kier alpha value is -1.55. The molecule has 1 aromatic carbocycles. The van der Waals surface area contributed by atoms with Crippen molar-refractivity contribution in [2.75, 3.05) is 32.1 Å². The molecule has 1 saturated heterocycles. The van der Waals surface area contributed by atoms with E-state index in [1.807, 2.05) is 44.0 Å². The van der Waals surface area contributed by atoms with Crippen molar-refractivity contribution in [3.63, 3.8) is 0 Å². The Morgan fingerprint density at radius 3 is 3.00 bits per heavy atom. The van der Waals surface area contributed by atoms with Gasteiger partial charge in [-0.2, -0.15) is 0 Å². The second kappa shape index (κ2) is 6.75. The fourth-order valence-corrected chi connectivity index (χ4v) is 2.72. The van der Waals surface area contributed by atoms with Crippen LogP contribution in [0.5, 0.6) is 0 Å². The van der Waals surface area contributed by atoms with Gasteiger partial charge < -0.3 is 15.0 Å². The molecule has 1 heterocycles. The first-order chi connectivity index (χ1) is 9.65. The third-order valence-corrected chi connectivity index (χ3v) is 3.74. The molecule has 4 nitrogen and oxygen atoms in total. The van der Waals surface area contributed by atoms with Gasteiger partial charge in [0.25, 0.3) is 5.91 Å². The van der Waals surface area contributed by atoms with Gasteiger partial charge in [-0.3, -0.25) is 4.79 Å². The van der Waals surface area contributed by atoms with E-state index in [4.69, 9.17) is 4.74 Å². The zero-order chi connectivity index (χ0) is 14.5. The summed E-state index contributed by atoms with van der Waals surface area (Å²) in [5, 5.41) is 3.10. The molecule has 1 fully saturated rings. The Balaban J connectivity index is 2.16. The number of amides is 1. The van der Waals surface area contributed by atoms with Crippen molar-refractivity contribution < 1.29 is 9.53 Å². The van der Waals surface area contributed by atoms with Crippen molar-refractivity contribution in [3.05, 3.63) is 29.3 Å². The highest BCUT2D eigenvalue weighted by atomic mass is 16.5. The molecular formula is C16H24N2O2. The highest BCUT2D eigenvalue weighted by Gasteiger charge is 2.25. The number of likely N-dealkylation sites (tertiary alicyclic amines) is 1. The fraction of sp³-hybridized carbons (Fsp3) is 0.562. The first-order valence-corrected chi connectivity index (χ1v) is 7.35. The largest absolute Gasteiger partial charge is 0.387 e. The van der Waals surface area contributed by atoms with Crippen LogP contribution >= 0.6 is 0 Å². The molecule has 1 aliphatic heterocycles. The number of hydrogen-bond donors (Lipinski definition) is 1. The average Bonchev–Trinajstić information content (AvgIpc) is 2.47. The zero-order valence-corrected chi connectivity index (χ0v) is 12.6. The number of anilines is 1. The van der Waals surface area contributed by atoms with Crippen LogP contribution in [0.1, 0.15) is 35.7 Å². The van der Waals surface area contributed by atoms with E-state index in [1.54, 1.807) is 0 Å². The zero-order valence-electron chi connectivity index (χ0n) is 12.6. The lowest BCUT2D eigenvalue weighted by molar-refractivity contribution is 0.00727. The summed E-state index contributed by atoms with van der Waals surface area (Å²) < 4.78 is 5.67. The normalized spacial score (nSPS) is 18.9. The molecule has 0 aromatic heterocycles. The van der Waals surface area contributed by atoms with Crippen LogP contribution < -0.4 is 5.32 Å². The topological polar surface area (TPSA) is 41.6 Å². The minimum Gasteiger partial charge on any atom is -0.387 e. The summed E-state index contributed by atoms with van der Waals surface area (Å²) >= 11 is 0. The Labute approximate surface area is 121 Å². The minimum absolute atomic E-state index is 0.0995. The number of carbonyl (C=O) groups excluding carboxylic acids is 1. The standard InChI is InChI=1S/C16H24N2O2/c1-4-20-13-6-5-9-18(11-13)16(19)14-10-12(2)7-8-15(14)17-3/h7-8,10,13,17H,4-6,9,11H2,1-3H3. The predicted molar refractivity (Wildman–Crippen MR) is 81.3 cm³/mol. The molecule has 1 atom stereocenters. The third-order valence-electron chi connectivity index (χ3n) is 3.74. The Morgan fingerprint density at radius 1 is 1.50 bits per heavy atom. The molecule has 20 heavy (non-hydrogen) atoms. The lowest BCUT2D eigenvalue weighted by atomic mass is 10.0. The quantitative estimate of drug-likeness (QED) is 0.919. The van der Waals surface area contributed by atoms with E-state index in [0.29, 0.717) is 13.2 Å². The molecule has 0 bridgehead atoms. The first kappa shape index (κ1) is 14.9. The van der Waals surface area contributed by atoms with Crippen LogP contribution in [0.4, 0.5) is 5.69 Å². The molecule has 1 aliphatic rings. The maximum absolute atomic E-state index is 12.7. The smallest absolute Gasteiger partial charge is 0.256 e. The van der Waals surface area contributed by atoms with Crippen molar-refractivity contribution in [3.8, 4) is 0 Å². The summed E-state index contributed by atoms with van der Waals surface area (Å²) in [7, 11) is 1.85. The molecular weight excluding hydrogens is 252 g/mol. The van der Waals surface area contributed by atoms with Gasteiger partial charge in [-0.15, -0.1) is 0 Å². The maximum atomic E-state index is 12.7. The lowest BCUT2D eigenvalue weighted by Gasteiger charge is -2.33. The van der Waals surface area contributed by atoms with Gasteiger partial charge in [0.2, 0.25) is 0 Å². The van der Waals surface area contributed by atoms with Gasteiger partial charge in [-0.25, -0.2) is 0 Å². The van der Waals surface area contributed by atoms with Crippen molar-refractivity contribution >= 4 is 11.6 Å². The minimum atomic E-state index is 0.0995. The summed E-state index contributed by atoms with van der Waals surface area (Å²) in [6.45, 7) is 6.23. The van der Waals surface area contributed by atoms with E-state index < -0.39 is 0 Å². The predicted octanol–water partition coefficient (Wildman–Crippen LogP) is 2.68. The summed E-state index contributed by atoms with van der Waals surface area (Å²) in [5.74, 6) is 0.0995. The second-order valence-electron chi connectivity index (χ2n) is 5.27. The maximum Gasteiger partial charge on any atom is 0.256 e. The van der Waals surface area contributed by atoms with Crippen LogP contribution in [-0.4, -0.2) is 43.7 Å². The number of benzene rings is 1. The number of aryl methyl sites for hydroxylation is 1. The van der Waals surface area contributed by atoms with Crippen LogP contribution in [0.3, 0.4) is 0 Å². The molecule has 0 aliphatic carbocycles. The molecule has 0 radical (unpaired) electrons. The molecule has 1 N–H and O–H groups in total. The molecule has 1 amide bonds. The molecule has 2 rings (SSSR count). The second-order valence-corrected chi connectivity index (χ2v) is 5.27. The third kappa shape index (κ3) is 3.31. The van der Waals surface area contributed by atoms with E-state index in [9.17, 15) is 4.79 Å². The molecule has 0 spiro atoms. The summed E-state index contributed by atoms with van der Waals surface area (Å²) in [6.07, 6.45) is 2.24. The van der Waals surface area contributed by atoms with Gasteiger partial charge in [-0.1, -0.05) is 11.6 Å². The van der Waals surface area contributed by atoms with Gasteiger partial charge >= 0.3 is 0 Å². The Kier molecular flexibility index (Phi) is 5.01. The highest BCUT2D eigenvalue weighted by molar-refractivity contribution is 5.99. The van der Waals surface area contributed by atoms with Crippen LogP contribution in [0, 0.1) is 6.92 Å². The molecule has 0 saturated carbocycles. The number of nitrogens with one attached hydrogen (secondary N) is 1. The SMILES string of the molecule is CCOC1CCCN(C(=O)c2cc(C)ccc2NC)C1. The van der Waals surface area contributed by atoms with Crippen molar-refractivity contribution in [2.24, 2.45) is 0 Å². The highest BCUT2D eigenvalue weighted by Crippen LogP contribution is 2.22. The molecule has 1 unspecified atom stereocenters. The van der Waals surface area contributed by atoms with Crippen LogP contribution in [0.25, 0.3) is 0 Å². The van der Waals surface area contributed by atoms with Gasteiger partial charge in [0.05, 0.1) is 11.7 Å². The van der Waals surface area contributed by atoms with Gasteiger partial charge in [0.1, 0.15) is 0 Å². The Morgan fingerprint density at radius 2 is 2.30 bits per heavy atom. The fourth-order valence-electron chi connectivity index (χ4n) is 2.72. The van der Waals surface area contributed by atoms with Gasteiger partial charge in [0.15, 0.2) is 0 Å². The summed E-state index contributed by atoms with van der Waals surface area (Å²) in [5.41, 5.74) is 2.74. The average molecular weight is 276 g/mol. The lowest BCUT2D eigenvalue weighted by Crippen LogP contribution is -2.43. The van der Waals surface area contributed by atoms with E-state index in [1.165, 1.54) is 0 Å². The summed E-state index contributed by atoms with van der Waals surface area (Å²) in [4.78, 5) is 14.6. The number of carbonyl (C=O) groups is 1. The number of hydrogen-bond acceptors (Lipinski definition) is 3. The number of rotatable bonds is 4. The molecule has 1 aromatic rings. The molecule has 110 valence electrons. The summed E-state index contributed by atoms with van der Waals surface area (Å²) in [6, 6.07) is 5.94. The first-order valence-electron chi connectivity index (χ1n) is 7.35. The van der Waals surface area contributed by atoms with Crippen molar-refractivity contribution in [1.29, 1.82) is 0 Å². The molecule has 4 heteroatoms. The van der Waals surface area contributed by atoms with Crippen molar-refractivity contribution in [1.82, 2.24) is 4.90 Å². The van der Waals surface area contributed by atoms with E-state index >= 15 is 0 Å². The number of piperidine rings is 1. The monoisotopic (exact) mass is 276 g/mol.